The van der Waals surface area contributed by atoms with Gasteiger partial charge in [0, 0.05) is 11.9 Å². The van der Waals surface area contributed by atoms with E-state index in [1.165, 1.54) is 0 Å². The summed E-state index contributed by atoms with van der Waals surface area (Å²) in [5, 5.41) is 12.7. The Bertz CT molecular complexity index is 689. The van der Waals surface area contributed by atoms with Crippen molar-refractivity contribution in [3.05, 3.63) is 35.6 Å². The molecule has 1 atom stereocenters. The first-order valence-electron chi connectivity index (χ1n) is 6.87. The normalized spacial score (nSPS) is 13.9. The Morgan fingerprint density at radius 2 is 2.05 bits per heavy atom. The van der Waals surface area contributed by atoms with E-state index in [-0.39, 0.29) is 12.3 Å². The molecular formula is C16H19NO4. The van der Waals surface area contributed by atoms with Crippen LogP contribution in [-0.4, -0.2) is 23.5 Å². The molecule has 1 aromatic carbocycles. The summed E-state index contributed by atoms with van der Waals surface area (Å²) in [5.74, 6) is -1.13. The molecule has 2 aromatic rings. The number of amides is 1. The number of carbonyl (C=O) groups excluding carboxylic acids is 1. The van der Waals surface area contributed by atoms with Crippen molar-refractivity contribution in [2.75, 3.05) is 6.54 Å². The molecule has 1 amide bonds. The molecule has 112 valence electrons. The quantitative estimate of drug-likeness (QED) is 0.886. The van der Waals surface area contributed by atoms with Crippen molar-refractivity contribution in [3.63, 3.8) is 0 Å². The monoisotopic (exact) mass is 289 g/mol. The number of fused-ring (bicyclic) bond motifs is 1. The molecule has 0 spiro atoms. The molecule has 0 radical (unpaired) electrons. The highest BCUT2D eigenvalue weighted by Gasteiger charge is 2.31. The largest absolute Gasteiger partial charge is 0.481 e. The lowest BCUT2D eigenvalue weighted by molar-refractivity contribution is -0.147. The van der Waals surface area contributed by atoms with E-state index in [1.807, 2.05) is 25.1 Å². The highest BCUT2D eigenvalue weighted by Crippen LogP contribution is 2.22. The van der Waals surface area contributed by atoms with Crippen molar-refractivity contribution >= 4 is 22.8 Å². The summed E-state index contributed by atoms with van der Waals surface area (Å²) < 4.78 is 5.48. The maximum atomic E-state index is 12.1. The summed E-state index contributed by atoms with van der Waals surface area (Å²) in [6, 6.07) is 7.33. The molecule has 1 unspecified atom stereocenters. The van der Waals surface area contributed by atoms with Crippen molar-refractivity contribution in [2.45, 2.75) is 27.2 Å². The van der Waals surface area contributed by atoms with Crippen LogP contribution >= 0.6 is 0 Å². The zero-order chi connectivity index (χ0) is 15.6. The number of aryl methyl sites for hydroxylation is 1. The van der Waals surface area contributed by atoms with Crippen LogP contribution in [0.3, 0.4) is 0 Å². The second-order valence-electron chi connectivity index (χ2n) is 5.55. The highest BCUT2D eigenvalue weighted by atomic mass is 16.4. The van der Waals surface area contributed by atoms with Crippen LogP contribution in [0.25, 0.3) is 11.0 Å². The van der Waals surface area contributed by atoms with Crippen molar-refractivity contribution in [2.24, 2.45) is 5.41 Å². The molecule has 0 saturated heterocycles. The SMILES string of the molecule is CCC(C)(CNC(=O)c1cc2cc(C)ccc2o1)C(=O)O. The molecule has 0 aliphatic heterocycles. The van der Waals surface area contributed by atoms with Gasteiger partial charge < -0.3 is 14.8 Å². The van der Waals surface area contributed by atoms with Gasteiger partial charge in [-0.1, -0.05) is 18.6 Å². The molecular weight excluding hydrogens is 270 g/mol. The van der Waals surface area contributed by atoms with Gasteiger partial charge in [0.05, 0.1) is 5.41 Å². The van der Waals surface area contributed by atoms with Gasteiger partial charge in [0.15, 0.2) is 5.76 Å². The van der Waals surface area contributed by atoms with Gasteiger partial charge in [-0.2, -0.15) is 0 Å². The van der Waals surface area contributed by atoms with E-state index in [9.17, 15) is 14.7 Å². The number of hydrogen-bond acceptors (Lipinski definition) is 3. The number of benzene rings is 1. The molecule has 0 aliphatic rings. The number of carboxylic acid groups (broad SMARTS) is 1. The van der Waals surface area contributed by atoms with Crippen LogP contribution in [-0.2, 0) is 4.79 Å². The Morgan fingerprint density at radius 3 is 2.67 bits per heavy atom. The van der Waals surface area contributed by atoms with Crippen molar-refractivity contribution < 1.29 is 19.1 Å². The van der Waals surface area contributed by atoms with Gasteiger partial charge in [0.1, 0.15) is 5.58 Å². The van der Waals surface area contributed by atoms with E-state index in [1.54, 1.807) is 19.9 Å². The highest BCUT2D eigenvalue weighted by molar-refractivity contribution is 5.96. The predicted octanol–water partition coefficient (Wildman–Crippen LogP) is 2.97. The Balaban J connectivity index is 2.14. The van der Waals surface area contributed by atoms with Gasteiger partial charge in [-0.25, -0.2) is 0 Å². The van der Waals surface area contributed by atoms with E-state index in [0.717, 1.165) is 10.9 Å². The molecule has 1 heterocycles. The minimum atomic E-state index is -0.974. The summed E-state index contributed by atoms with van der Waals surface area (Å²) in [6.07, 6.45) is 0.432. The Morgan fingerprint density at radius 1 is 1.33 bits per heavy atom. The number of hydrogen-bond donors (Lipinski definition) is 2. The summed E-state index contributed by atoms with van der Waals surface area (Å²) >= 11 is 0. The Hall–Kier alpha value is -2.30. The van der Waals surface area contributed by atoms with Crippen molar-refractivity contribution in [3.8, 4) is 0 Å². The van der Waals surface area contributed by atoms with Crippen LogP contribution in [0.2, 0.25) is 0 Å². The first kappa shape index (κ1) is 15.1. The number of rotatable bonds is 5. The zero-order valence-electron chi connectivity index (χ0n) is 12.4. The summed E-state index contributed by atoms with van der Waals surface area (Å²) in [5.41, 5.74) is 0.750. The number of aliphatic carboxylic acids is 1. The van der Waals surface area contributed by atoms with Crippen LogP contribution in [0.15, 0.2) is 28.7 Å². The lowest BCUT2D eigenvalue weighted by Gasteiger charge is -2.22. The number of furan rings is 1. The van der Waals surface area contributed by atoms with Gasteiger partial charge in [0.2, 0.25) is 0 Å². The molecule has 0 fully saturated rings. The fourth-order valence-corrected chi connectivity index (χ4v) is 1.99. The molecule has 0 aliphatic carbocycles. The van der Waals surface area contributed by atoms with Crippen LogP contribution in [0.1, 0.15) is 36.4 Å². The van der Waals surface area contributed by atoms with E-state index in [0.29, 0.717) is 12.0 Å². The van der Waals surface area contributed by atoms with Crippen LogP contribution in [0.5, 0.6) is 0 Å². The van der Waals surface area contributed by atoms with E-state index >= 15 is 0 Å². The minimum absolute atomic E-state index is 0.0632. The molecule has 2 N–H and O–H groups in total. The van der Waals surface area contributed by atoms with Gasteiger partial charge in [-0.05, 0) is 38.5 Å². The standard InChI is InChI=1S/C16H19NO4/c1-4-16(3,15(19)20)9-17-14(18)13-8-11-7-10(2)5-6-12(11)21-13/h5-8H,4,9H2,1-3H3,(H,17,18)(H,19,20). The maximum absolute atomic E-state index is 12.1. The number of carboxylic acids is 1. The van der Waals surface area contributed by atoms with Crippen molar-refractivity contribution in [1.29, 1.82) is 0 Å². The molecule has 1 aromatic heterocycles. The molecule has 2 rings (SSSR count). The summed E-state index contributed by atoms with van der Waals surface area (Å²) in [7, 11) is 0. The maximum Gasteiger partial charge on any atom is 0.311 e. The van der Waals surface area contributed by atoms with E-state index in [4.69, 9.17) is 4.42 Å². The van der Waals surface area contributed by atoms with Crippen molar-refractivity contribution in [1.82, 2.24) is 5.32 Å². The van der Waals surface area contributed by atoms with Crippen LogP contribution < -0.4 is 5.32 Å². The van der Waals surface area contributed by atoms with Gasteiger partial charge in [-0.15, -0.1) is 0 Å². The van der Waals surface area contributed by atoms with Gasteiger partial charge in [0.25, 0.3) is 5.91 Å². The van der Waals surface area contributed by atoms with Gasteiger partial charge >= 0.3 is 5.97 Å². The van der Waals surface area contributed by atoms with Crippen LogP contribution in [0, 0.1) is 12.3 Å². The lowest BCUT2D eigenvalue weighted by atomic mass is 9.88. The molecule has 5 nitrogen and oxygen atoms in total. The summed E-state index contributed by atoms with van der Waals surface area (Å²) in [4.78, 5) is 23.3. The first-order chi connectivity index (χ1) is 9.85. The first-order valence-corrected chi connectivity index (χ1v) is 6.87. The van der Waals surface area contributed by atoms with Gasteiger partial charge in [-0.3, -0.25) is 9.59 Å². The molecule has 0 saturated carbocycles. The average Bonchev–Trinajstić information content (AvgIpc) is 2.87. The average molecular weight is 289 g/mol. The minimum Gasteiger partial charge on any atom is -0.481 e. The Kier molecular flexibility index (Phi) is 4.02. The van der Waals surface area contributed by atoms with E-state index < -0.39 is 17.3 Å². The predicted molar refractivity (Wildman–Crippen MR) is 79.3 cm³/mol. The smallest absolute Gasteiger partial charge is 0.311 e. The third-order valence-corrected chi connectivity index (χ3v) is 3.83. The fraction of sp³-hybridized carbons (Fsp3) is 0.375. The molecule has 21 heavy (non-hydrogen) atoms. The fourth-order valence-electron chi connectivity index (χ4n) is 1.99. The third-order valence-electron chi connectivity index (χ3n) is 3.83. The molecule has 0 bridgehead atoms. The molecule has 5 heteroatoms. The summed E-state index contributed by atoms with van der Waals surface area (Å²) in [6.45, 7) is 5.42. The topological polar surface area (TPSA) is 79.5 Å². The van der Waals surface area contributed by atoms with Crippen LogP contribution in [0.4, 0.5) is 0 Å². The second-order valence-corrected chi connectivity index (χ2v) is 5.55. The number of carbonyl (C=O) groups is 2. The third kappa shape index (κ3) is 3.07. The zero-order valence-corrected chi connectivity index (χ0v) is 12.4. The lowest BCUT2D eigenvalue weighted by Crippen LogP contribution is -2.40. The Labute approximate surface area is 122 Å². The van der Waals surface area contributed by atoms with E-state index in [2.05, 4.69) is 5.32 Å². The second kappa shape index (κ2) is 5.60. The number of nitrogens with one attached hydrogen (secondary N) is 1.